The molecule has 0 bridgehead atoms. The normalized spacial score (nSPS) is 11.0. The van der Waals surface area contributed by atoms with E-state index in [1.165, 1.54) is 22.0 Å². The second kappa shape index (κ2) is 9.02. The molecule has 0 saturated heterocycles. The molecular formula is C21H28ClN3. The number of hydrogen-bond donors (Lipinski definition) is 0. The first-order chi connectivity index (χ1) is 11.7. The highest BCUT2D eigenvalue weighted by Crippen LogP contribution is 2.28. The van der Waals surface area contributed by atoms with Crippen molar-refractivity contribution >= 4 is 23.3 Å². The third-order valence-corrected chi connectivity index (χ3v) is 4.69. The van der Waals surface area contributed by atoms with E-state index in [-0.39, 0.29) is 12.4 Å². The van der Waals surface area contributed by atoms with Crippen LogP contribution in [0.1, 0.15) is 25.8 Å². The molecule has 0 spiro atoms. The number of aryl methyl sites for hydroxylation is 2. The van der Waals surface area contributed by atoms with E-state index in [9.17, 15) is 0 Å². The van der Waals surface area contributed by atoms with Crippen LogP contribution >= 0.6 is 12.4 Å². The van der Waals surface area contributed by atoms with Gasteiger partial charge in [0.05, 0.1) is 5.52 Å². The zero-order valence-electron chi connectivity index (χ0n) is 15.4. The Morgan fingerprint density at radius 1 is 1.00 bits per heavy atom. The number of hydrogen-bond acceptors (Lipinski definition) is 2. The smallest absolute Gasteiger partial charge is 0.100 e. The van der Waals surface area contributed by atoms with Crippen molar-refractivity contribution in [1.82, 2.24) is 14.7 Å². The SMILES string of the molecule is CCN(CC)CCCn1nc(-c2ccccc2)c2cc(C)ccc21.Cl. The molecule has 0 aliphatic rings. The summed E-state index contributed by atoms with van der Waals surface area (Å²) in [6, 6.07) is 17.1. The third kappa shape index (κ3) is 4.42. The maximum Gasteiger partial charge on any atom is 0.100 e. The summed E-state index contributed by atoms with van der Waals surface area (Å²) in [4.78, 5) is 2.47. The van der Waals surface area contributed by atoms with E-state index >= 15 is 0 Å². The molecule has 3 rings (SSSR count). The molecule has 25 heavy (non-hydrogen) atoms. The summed E-state index contributed by atoms with van der Waals surface area (Å²) in [5, 5.41) is 6.20. The van der Waals surface area contributed by atoms with Gasteiger partial charge in [0.25, 0.3) is 0 Å². The topological polar surface area (TPSA) is 21.1 Å². The summed E-state index contributed by atoms with van der Waals surface area (Å²) in [7, 11) is 0. The lowest BCUT2D eigenvalue weighted by atomic mass is 10.1. The van der Waals surface area contributed by atoms with Gasteiger partial charge in [-0.15, -0.1) is 12.4 Å². The van der Waals surface area contributed by atoms with Crippen molar-refractivity contribution in [2.24, 2.45) is 0 Å². The van der Waals surface area contributed by atoms with Crippen molar-refractivity contribution in [1.29, 1.82) is 0 Å². The molecule has 0 atom stereocenters. The van der Waals surface area contributed by atoms with Crippen molar-refractivity contribution in [2.75, 3.05) is 19.6 Å². The van der Waals surface area contributed by atoms with Crippen LogP contribution in [0.25, 0.3) is 22.2 Å². The van der Waals surface area contributed by atoms with Crippen molar-refractivity contribution in [3.8, 4) is 11.3 Å². The number of aromatic nitrogens is 2. The van der Waals surface area contributed by atoms with Gasteiger partial charge in [-0.2, -0.15) is 5.10 Å². The zero-order valence-corrected chi connectivity index (χ0v) is 16.2. The van der Waals surface area contributed by atoms with E-state index in [0.717, 1.165) is 38.3 Å². The first-order valence-electron chi connectivity index (χ1n) is 8.98. The Hall–Kier alpha value is -1.84. The first-order valence-corrected chi connectivity index (χ1v) is 8.98. The molecule has 0 radical (unpaired) electrons. The van der Waals surface area contributed by atoms with Crippen molar-refractivity contribution < 1.29 is 0 Å². The van der Waals surface area contributed by atoms with Gasteiger partial charge >= 0.3 is 0 Å². The molecule has 0 amide bonds. The number of fused-ring (bicyclic) bond motifs is 1. The quantitative estimate of drug-likeness (QED) is 0.582. The molecule has 1 heterocycles. The molecular weight excluding hydrogens is 330 g/mol. The van der Waals surface area contributed by atoms with E-state index in [4.69, 9.17) is 5.10 Å². The minimum Gasteiger partial charge on any atom is -0.304 e. The summed E-state index contributed by atoms with van der Waals surface area (Å²) >= 11 is 0. The molecule has 134 valence electrons. The summed E-state index contributed by atoms with van der Waals surface area (Å²) < 4.78 is 2.18. The van der Waals surface area contributed by atoms with Gasteiger partial charge < -0.3 is 4.90 Å². The Labute approximate surface area is 157 Å². The van der Waals surface area contributed by atoms with E-state index < -0.39 is 0 Å². The van der Waals surface area contributed by atoms with Crippen LogP contribution in [0.15, 0.2) is 48.5 Å². The molecule has 3 nitrogen and oxygen atoms in total. The molecule has 2 aromatic carbocycles. The number of rotatable bonds is 7. The molecule has 0 fully saturated rings. The predicted molar refractivity (Wildman–Crippen MR) is 110 cm³/mol. The lowest BCUT2D eigenvalue weighted by Crippen LogP contribution is -2.24. The Morgan fingerprint density at radius 2 is 1.72 bits per heavy atom. The highest BCUT2D eigenvalue weighted by Gasteiger charge is 2.12. The molecule has 0 saturated carbocycles. The Balaban J connectivity index is 0.00000225. The van der Waals surface area contributed by atoms with Crippen LogP contribution in [0, 0.1) is 6.92 Å². The Bertz CT molecular complexity index is 792. The number of nitrogens with zero attached hydrogens (tertiary/aromatic N) is 3. The van der Waals surface area contributed by atoms with Crippen LogP contribution < -0.4 is 0 Å². The molecule has 0 unspecified atom stereocenters. The van der Waals surface area contributed by atoms with Gasteiger partial charge in [-0.3, -0.25) is 4.68 Å². The average molecular weight is 358 g/mol. The highest BCUT2D eigenvalue weighted by atomic mass is 35.5. The molecule has 1 aromatic heterocycles. The molecule has 4 heteroatoms. The highest BCUT2D eigenvalue weighted by molar-refractivity contribution is 5.93. The second-order valence-corrected chi connectivity index (χ2v) is 6.34. The van der Waals surface area contributed by atoms with Gasteiger partial charge in [-0.25, -0.2) is 0 Å². The van der Waals surface area contributed by atoms with Gasteiger partial charge in [0.2, 0.25) is 0 Å². The molecule has 3 aromatic rings. The van der Waals surface area contributed by atoms with Gasteiger partial charge in [0, 0.05) is 17.5 Å². The maximum atomic E-state index is 4.95. The number of benzene rings is 2. The van der Waals surface area contributed by atoms with Crippen molar-refractivity contribution in [2.45, 2.75) is 33.7 Å². The summed E-state index contributed by atoms with van der Waals surface area (Å²) in [5.41, 5.74) is 4.80. The zero-order chi connectivity index (χ0) is 16.9. The lowest BCUT2D eigenvalue weighted by Gasteiger charge is -2.17. The van der Waals surface area contributed by atoms with Gasteiger partial charge in [0.1, 0.15) is 5.69 Å². The van der Waals surface area contributed by atoms with Crippen LogP contribution in [0.5, 0.6) is 0 Å². The molecule has 0 aliphatic heterocycles. The Morgan fingerprint density at radius 3 is 2.40 bits per heavy atom. The minimum absolute atomic E-state index is 0. The van der Waals surface area contributed by atoms with Crippen LogP contribution in [-0.4, -0.2) is 34.3 Å². The second-order valence-electron chi connectivity index (χ2n) is 6.34. The summed E-state index contributed by atoms with van der Waals surface area (Å²) in [6.45, 7) is 10.9. The van der Waals surface area contributed by atoms with Gasteiger partial charge in [-0.05, 0) is 45.1 Å². The third-order valence-electron chi connectivity index (χ3n) is 4.69. The standard InChI is InChI=1S/C21H27N3.ClH/c1-4-23(5-2)14-9-15-24-20-13-12-17(3)16-19(20)21(22-24)18-10-7-6-8-11-18;/h6-8,10-13,16H,4-5,9,14-15H2,1-3H3;1H. The number of halogens is 1. The van der Waals surface area contributed by atoms with Crippen LogP contribution in [0.2, 0.25) is 0 Å². The largest absolute Gasteiger partial charge is 0.304 e. The maximum absolute atomic E-state index is 4.95. The van der Waals surface area contributed by atoms with E-state index in [1.54, 1.807) is 0 Å². The van der Waals surface area contributed by atoms with Crippen molar-refractivity contribution in [3.05, 3.63) is 54.1 Å². The molecule has 0 N–H and O–H groups in total. The van der Waals surface area contributed by atoms with Gasteiger partial charge in [0.15, 0.2) is 0 Å². The van der Waals surface area contributed by atoms with Crippen LogP contribution in [-0.2, 0) is 6.54 Å². The van der Waals surface area contributed by atoms with E-state index in [1.807, 2.05) is 0 Å². The fourth-order valence-electron chi connectivity index (χ4n) is 3.26. The Kier molecular flexibility index (Phi) is 7.03. The van der Waals surface area contributed by atoms with E-state index in [2.05, 4.69) is 78.9 Å². The predicted octanol–water partition coefficient (Wildman–Crippen LogP) is 5.17. The summed E-state index contributed by atoms with van der Waals surface area (Å²) in [6.07, 6.45) is 1.13. The van der Waals surface area contributed by atoms with Crippen molar-refractivity contribution in [3.63, 3.8) is 0 Å². The lowest BCUT2D eigenvalue weighted by molar-refractivity contribution is 0.292. The minimum atomic E-state index is 0. The van der Waals surface area contributed by atoms with E-state index in [0.29, 0.717) is 0 Å². The fraction of sp³-hybridized carbons (Fsp3) is 0.381. The molecule has 0 aliphatic carbocycles. The average Bonchev–Trinajstić information content (AvgIpc) is 2.97. The van der Waals surface area contributed by atoms with Crippen LogP contribution in [0.4, 0.5) is 0 Å². The first kappa shape index (κ1) is 19.5. The monoisotopic (exact) mass is 357 g/mol. The van der Waals surface area contributed by atoms with Gasteiger partial charge in [-0.1, -0.05) is 55.8 Å². The fourth-order valence-corrected chi connectivity index (χ4v) is 3.26. The van der Waals surface area contributed by atoms with Crippen LogP contribution in [0.3, 0.4) is 0 Å². The summed E-state index contributed by atoms with van der Waals surface area (Å²) in [5.74, 6) is 0.